The molecule has 0 bridgehead atoms. The molecule has 0 spiro atoms. The molecule has 2 atom stereocenters. The molecule has 2 aliphatic heterocycles. The van der Waals surface area contributed by atoms with Crippen molar-refractivity contribution in [2.24, 2.45) is 0 Å². The topological polar surface area (TPSA) is 29.5 Å². The summed E-state index contributed by atoms with van der Waals surface area (Å²) in [5, 5.41) is 0. The number of benzene rings is 1. The van der Waals surface area contributed by atoms with Crippen LogP contribution in [-0.4, -0.2) is 36.1 Å². The molecule has 1 aromatic carbocycles. The Kier molecular flexibility index (Phi) is 3.88. The van der Waals surface area contributed by atoms with Crippen molar-refractivity contribution in [3.05, 3.63) is 41.5 Å². The molecule has 0 N–H and O–H groups in total. The van der Waals surface area contributed by atoms with Gasteiger partial charge < -0.3 is 4.74 Å². The van der Waals surface area contributed by atoms with Gasteiger partial charge >= 0.3 is 5.97 Å². The Hall–Kier alpha value is -1.61. The van der Waals surface area contributed by atoms with Crippen molar-refractivity contribution in [3.8, 4) is 0 Å². The second kappa shape index (κ2) is 5.80. The van der Waals surface area contributed by atoms with E-state index in [0.29, 0.717) is 0 Å². The highest BCUT2D eigenvalue weighted by Gasteiger charge is 2.37. The third kappa shape index (κ3) is 2.93. The van der Waals surface area contributed by atoms with Gasteiger partial charge in [0.2, 0.25) is 0 Å². The molecule has 0 radical (unpaired) electrons. The largest absolute Gasteiger partial charge is 0.461 e. The lowest BCUT2D eigenvalue weighted by atomic mass is 9.99. The molecule has 2 aliphatic rings. The predicted octanol–water partition coefficient (Wildman–Crippen LogP) is 2.87. The molecule has 3 rings (SSSR count). The number of hydrogen-bond acceptors (Lipinski definition) is 3. The highest BCUT2D eigenvalue weighted by atomic mass is 16.6. The first-order valence-electron chi connectivity index (χ1n) is 7.41. The van der Waals surface area contributed by atoms with Gasteiger partial charge in [-0.3, -0.25) is 9.69 Å². The summed E-state index contributed by atoms with van der Waals surface area (Å²) in [4.78, 5) is 14.1. The van der Waals surface area contributed by atoms with Crippen LogP contribution in [0.5, 0.6) is 0 Å². The highest BCUT2D eigenvalue weighted by molar-refractivity contribution is 5.78. The van der Waals surface area contributed by atoms with Crippen molar-refractivity contribution < 1.29 is 9.53 Å². The van der Waals surface area contributed by atoms with Crippen molar-refractivity contribution in [3.63, 3.8) is 0 Å². The number of rotatable bonds is 2. The molecule has 2 saturated heterocycles. The zero-order chi connectivity index (χ0) is 13.9. The summed E-state index contributed by atoms with van der Waals surface area (Å²) in [6, 6.07) is 10.4. The van der Waals surface area contributed by atoms with E-state index in [2.05, 4.69) is 35.2 Å². The number of ether oxygens (including phenoxy) is 1. The number of cyclic esters (lactones) is 1. The number of hydrogen-bond donors (Lipinski definition) is 0. The first kappa shape index (κ1) is 13.4. The summed E-state index contributed by atoms with van der Waals surface area (Å²) in [5.74, 6) is -0.0343. The van der Waals surface area contributed by atoms with Crippen LogP contribution in [0.4, 0.5) is 0 Å². The Bertz CT molecular complexity index is 499. The van der Waals surface area contributed by atoms with Gasteiger partial charge in [0, 0.05) is 19.5 Å². The fourth-order valence-corrected chi connectivity index (χ4v) is 3.09. The molecule has 2 fully saturated rings. The minimum absolute atomic E-state index is 0.0109. The van der Waals surface area contributed by atoms with E-state index in [9.17, 15) is 4.79 Å². The fourth-order valence-electron chi connectivity index (χ4n) is 3.09. The van der Waals surface area contributed by atoms with Crippen molar-refractivity contribution in [2.75, 3.05) is 13.1 Å². The van der Waals surface area contributed by atoms with E-state index in [4.69, 9.17) is 4.74 Å². The molecule has 20 heavy (non-hydrogen) atoms. The van der Waals surface area contributed by atoms with Gasteiger partial charge in [-0.2, -0.15) is 0 Å². The number of nitrogens with zero attached hydrogens (tertiary/aromatic N) is 1. The van der Waals surface area contributed by atoms with E-state index in [0.717, 1.165) is 32.4 Å². The van der Waals surface area contributed by atoms with Crippen LogP contribution < -0.4 is 0 Å². The molecular formula is C17H21NO2. The monoisotopic (exact) mass is 271 g/mol. The molecule has 106 valence electrons. The smallest absolute Gasteiger partial charge is 0.323 e. The van der Waals surface area contributed by atoms with Crippen LogP contribution in [0.3, 0.4) is 0 Å². The maximum absolute atomic E-state index is 11.8. The normalized spacial score (nSPS) is 27.4. The van der Waals surface area contributed by atoms with Crippen LogP contribution in [0.25, 0.3) is 6.08 Å². The SMILES string of the molecule is C[C@@H]1C[C@@H](N2CCC(=Cc3ccccc3)CC2)C(=O)O1. The van der Waals surface area contributed by atoms with E-state index >= 15 is 0 Å². The van der Waals surface area contributed by atoms with Gasteiger partial charge in [0.15, 0.2) is 0 Å². The average Bonchev–Trinajstić information content (AvgIpc) is 2.80. The number of esters is 1. The Balaban J connectivity index is 1.60. The summed E-state index contributed by atoms with van der Waals surface area (Å²) >= 11 is 0. The van der Waals surface area contributed by atoms with Gasteiger partial charge in [-0.05, 0) is 25.3 Å². The van der Waals surface area contributed by atoms with Gasteiger partial charge in [-0.1, -0.05) is 42.0 Å². The molecule has 1 aromatic rings. The number of carbonyl (C=O) groups excluding carboxylic acids is 1. The van der Waals surface area contributed by atoms with Crippen LogP contribution in [0, 0.1) is 0 Å². The molecule has 0 amide bonds. The fraction of sp³-hybridized carbons (Fsp3) is 0.471. The van der Waals surface area contributed by atoms with E-state index < -0.39 is 0 Å². The van der Waals surface area contributed by atoms with Gasteiger partial charge in [-0.15, -0.1) is 0 Å². The third-order valence-electron chi connectivity index (χ3n) is 4.20. The molecule has 0 saturated carbocycles. The Labute approximate surface area is 120 Å². The zero-order valence-electron chi connectivity index (χ0n) is 11.9. The second-order valence-electron chi connectivity index (χ2n) is 5.75. The summed E-state index contributed by atoms with van der Waals surface area (Å²) in [5.41, 5.74) is 2.75. The van der Waals surface area contributed by atoms with E-state index in [1.54, 1.807) is 0 Å². The number of likely N-dealkylation sites (tertiary alicyclic amines) is 1. The van der Waals surface area contributed by atoms with Gasteiger partial charge in [0.05, 0.1) is 0 Å². The van der Waals surface area contributed by atoms with Crippen LogP contribution in [0.15, 0.2) is 35.9 Å². The first-order chi connectivity index (χ1) is 9.72. The molecule has 3 nitrogen and oxygen atoms in total. The lowest BCUT2D eigenvalue weighted by Crippen LogP contribution is -2.42. The highest BCUT2D eigenvalue weighted by Crippen LogP contribution is 2.26. The summed E-state index contributed by atoms with van der Waals surface area (Å²) in [6.45, 7) is 3.90. The quantitative estimate of drug-likeness (QED) is 0.775. The van der Waals surface area contributed by atoms with Crippen molar-refractivity contribution in [1.29, 1.82) is 0 Å². The number of carbonyl (C=O) groups is 1. The summed E-state index contributed by atoms with van der Waals surface area (Å²) < 4.78 is 5.25. The van der Waals surface area contributed by atoms with Crippen LogP contribution in [0.1, 0.15) is 31.7 Å². The van der Waals surface area contributed by atoms with Gasteiger partial charge in [-0.25, -0.2) is 0 Å². The standard InChI is InChI=1S/C17H21NO2/c1-13-11-16(17(19)20-13)18-9-7-15(8-10-18)12-14-5-3-2-4-6-14/h2-6,12-13,16H,7-11H2,1H3/t13-,16-/m1/s1. The predicted molar refractivity (Wildman–Crippen MR) is 79.2 cm³/mol. The average molecular weight is 271 g/mol. The van der Waals surface area contributed by atoms with Crippen molar-refractivity contribution in [1.82, 2.24) is 4.90 Å². The third-order valence-corrected chi connectivity index (χ3v) is 4.20. The summed E-state index contributed by atoms with van der Waals surface area (Å²) in [7, 11) is 0. The van der Waals surface area contributed by atoms with E-state index in [1.165, 1.54) is 11.1 Å². The van der Waals surface area contributed by atoms with Gasteiger partial charge in [0.1, 0.15) is 12.1 Å². The second-order valence-corrected chi connectivity index (χ2v) is 5.75. The van der Waals surface area contributed by atoms with Gasteiger partial charge in [0.25, 0.3) is 0 Å². The molecule has 0 aromatic heterocycles. The van der Waals surface area contributed by atoms with E-state index in [1.807, 2.05) is 13.0 Å². The molecule has 0 unspecified atom stereocenters. The van der Waals surface area contributed by atoms with Crippen LogP contribution >= 0.6 is 0 Å². The van der Waals surface area contributed by atoms with Crippen molar-refractivity contribution in [2.45, 2.75) is 38.3 Å². The maximum Gasteiger partial charge on any atom is 0.323 e. The first-order valence-corrected chi connectivity index (χ1v) is 7.41. The molecule has 3 heteroatoms. The minimum atomic E-state index is -0.0343. The van der Waals surface area contributed by atoms with Crippen LogP contribution in [0.2, 0.25) is 0 Å². The Morgan fingerprint density at radius 1 is 1.20 bits per heavy atom. The van der Waals surface area contributed by atoms with E-state index in [-0.39, 0.29) is 18.1 Å². The van der Waals surface area contributed by atoms with Crippen molar-refractivity contribution >= 4 is 12.0 Å². The Morgan fingerprint density at radius 2 is 1.90 bits per heavy atom. The number of piperidine rings is 1. The maximum atomic E-state index is 11.8. The zero-order valence-corrected chi connectivity index (χ0v) is 11.9. The molecular weight excluding hydrogens is 250 g/mol. The molecule has 2 heterocycles. The summed E-state index contributed by atoms with van der Waals surface area (Å²) in [6.07, 6.45) is 5.30. The molecule has 0 aliphatic carbocycles. The lowest BCUT2D eigenvalue weighted by molar-refractivity contribution is -0.144. The Morgan fingerprint density at radius 3 is 2.50 bits per heavy atom. The lowest BCUT2D eigenvalue weighted by Gasteiger charge is -2.31. The minimum Gasteiger partial charge on any atom is -0.461 e. The van der Waals surface area contributed by atoms with Crippen LogP contribution in [-0.2, 0) is 9.53 Å².